The van der Waals surface area contributed by atoms with Gasteiger partial charge in [0.1, 0.15) is 0 Å². The third-order valence-corrected chi connectivity index (χ3v) is 8.65. The molecule has 6 aromatic carbocycles. The molecule has 40 heavy (non-hydrogen) atoms. The van der Waals surface area contributed by atoms with E-state index in [2.05, 4.69) is 152 Å². The van der Waals surface area contributed by atoms with Crippen LogP contribution in [0.1, 0.15) is 63.8 Å². The first-order valence-corrected chi connectivity index (χ1v) is 14.5. The first-order chi connectivity index (χ1) is 18.9. The molecule has 0 bridgehead atoms. The summed E-state index contributed by atoms with van der Waals surface area (Å²) in [6.07, 6.45) is 0. The van der Waals surface area contributed by atoms with Crippen molar-refractivity contribution in [2.45, 2.75) is 66.2 Å². The van der Waals surface area contributed by atoms with Crippen molar-refractivity contribution < 1.29 is 0 Å². The molecule has 0 heterocycles. The van der Waals surface area contributed by atoms with Gasteiger partial charge < -0.3 is 0 Å². The van der Waals surface area contributed by atoms with Gasteiger partial charge in [-0.15, -0.1) is 0 Å². The molecule has 0 amide bonds. The SMILES string of the molecule is Cc1cc2c3cc(-c4ccc(C(C)(C)C)cc4)ccc3c(C)cc2c2cc(-c3ccc(C(C)(C)C)cc3)ccc12. The van der Waals surface area contributed by atoms with Gasteiger partial charge in [0.25, 0.3) is 0 Å². The van der Waals surface area contributed by atoms with Crippen LogP contribution in [0.3, 0.4) is 0 Å². The van der Waals surface area contributed by atoms with Crippen molar-refractivity contribution >= 4 is 32.3 Å². The molecule has 0 aliphatic heterocycles. The molecule has 0 saturated heterocycles. The Labute approximate surface area is 239 Å². The molecule has 0 radical (unpaired) electrons. The van der Waals surface area contributed by atoms with E-state index in [-0.39, 0.29) is 10.8 Å². The summed E-state index contributed by atoms with van der Waals surface area (Å²) in [7, 11) is 0. The van der Waals surface area contributed by atoms with Crippen molar-refractivity contribution in [1.29, 1.82) is 0 Å². The van der Waals surface area contributed by atoms with E-state index in [4.69, 9.17) is 0 Å². The summed E-state index contributed by atoms with van der Waals surface area (Å²) in [4.78, 5) is 0. The lowest BCUT2D eigenvalue weighted by Gasteiger charge is -2.19. The number of aryl methyl sites for hydroxylation is 2. The van der Waals surface area contributed by atoms with Gasteiger partial charge in [-0.25, -0.2) is 0 Å². The summed E-state index contributed by atoms with van der Waals surface area (Å²) in [5.74, 6) is 0. The fraction of sp³-hybridized carbons (Fsp3) is 0.250. The molecular formula is C40H40. The van der Waals surface area contributed by atoms with Crippen LogP contribution in [-0.2, 0) is 10.8 Å². The van der Waals surface area contributed by atoms with Crippen LogP contribution in [0.5, 0.6) is 0 Å². The minimum Gasteiger partial charge on any atom is -0.0579 e. The Kier molecular flexibility index (Phi) is 6.15. The van der Waals surface area contributed by atoms with Crippen molar-refractivity contribution in [3.8, 4) is 22.3 Å². The predicted octanol–water partition coefficient (Wildman–Crippen LogP) is 11.7. The molecule has 0 nitrogen and oxygen atoms in total. The Balaban J connectivity index is 1.54. The number of hydrogen-bond acceptors (Lipinski definition) is 0. The molecule has 0 saturated carbocycles. The molecule has 0 aromatic heterocycles. The van der Waals surface area contributed by atoms with Crippen molar-refractivity contribution in [3.05, 3.63) is 119 Å². The molecule has 0 unspecified atom stereocenters. The van der Waals surface area contributed by atoms with Crippen molar-refractivity contribution in [3.63, 3.8) is 0 Å². The van der Waals surface area contributed by atoms with E-state index in [1.54, 1.807) is 0 Å². The normalized spacial score (nSPS) is 12.5. The summed E-state index contributed by atoms with van der Waals surface area (Å²) in [6.45, 7) is 18.1. The summed E-state index contributed by atoms with van der Waals surface area (Å²) < 4.78 is 0. The molecule has 0 atom stereocenters. The molecule has 0 spiro atoms. The van der Waals surface area contributed by atoms with Crippen molar-refractivity contribution in [2.24, 2.45) is 0 Å². The zero-order valence-corrected chi connectivity index (χ0v) is 25.2. The number of hydrogen-bond donors (Lipinski definition) is 0. The van der Waals surface area contributed by atoms with E-state index in [0.717, 1.165) is 0 Å². The van der Waals surface area contributed by atoms with Gasteiger partial charge in [-0.05, 0) is 114 Å². The highest BCUT2D eigenvalue weighted by Gasteiger charge is 2.16. The van der Waals surface area contributed by atoms with Crippen LogP contribution in [-0.4, -0.2) is 0 Å². The van der Waals surface area contributed by atoms with Gasteiger partial charge in [-0.3, -0.25) is 0 Å². The van der Waals surface area contributed by atoms with Crippen molar-refractivity contribution in [1.82, 2.24) is 0 Å². The molecule has 200 valence electrons. The number of fused-ring (bicyclic) bond motifs is 5. The summed E-state index contributed by atoms with van der Waals surface area (Å²) in [5.41, 5.74) is 10.8. The highest BCUT2D eigenvalue weighted by molar-refractivity contribution is 6.20. The summed E-state index contributed by atoms with van der Waals surface area (Å²) in [5, 5.41) is 7.98. The zero-order valence-electron chi connectivity index (χ0n) is 25.2. The second-order valence-electron chi connectivity index (χ2n) is 13.7. The zero-order chi connectivity index (χ0) is 28.4. The summed E-state index contributed by atoms with van der Waals surface area (Å²) >= 11 is 0. The fourth-order valence-electron chi connectivity index (χ4n) is 6.10. The van der Waals surface area contributed by atoms with Gasteiger partial charge in [0.2, 0.25) is 0 Å². The van der Waals surface area contributed by atoms with E-state index >= 15 is 0 Å². The molecule has 6 rings (SSSR count). The maximum absolute atomic E-state index is 2.40. The maximum atomic E-state index is 2.40. The molecule has 0 aliphatic rings. The second-order valence-corrected chi connectivity index (χ2v) is 13.7. The third-order valence-electron chi connectivity index (χ3n) is 8.65. The predicted molar refractivity (Wildman–Crippen MR) is 177 cm³/mol. The van der Waals surface area contributed by atoms with E-state index in [1.165, 1.54) is 76.8 Å². The van der Waals surface area contributed by atoms with E-state index in [9.17, 15) is 0 Å². The first-order valence-electron chi connectivity index (χ1n) is 14.5. The number of rotatable bonds is 2. The average Bonchev–Trinajstić information content (AvgIpc) is 2.93. The van der Waals surface area contributed by atoms with Crippen LogP contribution in [0, 0.1) is 13.8 Å². The van der Waals surface area contributed by atoms with Gasteiger partial charge in [-0.1, -0.05) is 126 Å². The van der Waals surface area contributed by atoms with Gasteiger partial charge in [-0.2, -0.15) is 0 Å². The molecular weight excluding hydrogens is 480 g/mol. The quantitative estimate of drug-likeness (QED) is 0.199. The smallest absolute Gasteiger partial charge is 0.00959 e. The first kappa shape index (κ1) is 26.3. The largest absolute Gasteiger partial charge is 0.0579 e. The second kappa shape index (κ2) is 9.34. The van der Waals surface area contributed by atoms with Crippen LogP contribution >= 0.6 is 0 Å². The minimum absolute atomic E-state index is 0.154. The molecule has 6 aromatic rings. The Bertz CT molecular complexity index is 1740. The lowest BCUT2D eigenvalue weighted by atomic mass is 9.85. The van der Waals surface area contributed by atoms with Crippen LogP contribution in [0.4, 0.5) is 0 Å². The van der Waals surface area contributed by atoms with Crippen LogP contribution in [0.2, 0.25) is 0 Å². The monoisotopic (exact) mass is 520 g/mol. The standard InChI is InChI=1S/C40H40/c1-25-21-35-36(37-23-29(13-19-33(25)37)27-9-15-31(16-10-27)39(3,4)5)22-26(2)34-20-14-30(24-38(34)35)28-11-17-32(18-12-28)40(6,7)8/h9-24H,1-8H3. The highest BCUT2D eigenvalue weighted by Crippen LogP contribution is 2.39. The van der Waals surface area contributed by atoms with Crippen molar-refractivity contribution in [2.75, 3.05) is 0 Å². The third kappa shape index (κ3) is 4.60. The van der Waals surface area contributed by atoms with Gasteiger partial charge in [0.05, 0.1) is 0 Å². The lowest BCUT2D eigenvalue weighted by Crippen LogP contribution is -2.10. The Morgan fingerprint density at radius 3 is 0.950 bits per heavy atom. The van der Waals surface area contributed by atoms with Gasteiger partial charge >= 0.3 is 0 Å². The van der Waals surface area contributed by atoms with Crippen LogP contribution < -0.4 is 0 Å². The van der Waals surface area contributed by atoms with Gasteiger partial charge in [0, 0.05) is 0 Å². The maximum Gasteiger partial charge on any atom is -0.00959 e. The minimum atomic E-state index is 0.154. The highest BCUT2D eigenvalue weighted by atomic mass is 14.2. The molecule has 0 N–H and O–H groups in total. The molecule has 0 aliphatic carbocycles. The Morgan fingerprint density at radius 1 is 0.325 bits per heavy atom. The summed E-state index contributed by atoms with van der Waals surface area (Å²) in [6, 6.07) is 37.0. The average molecular weight is 521 g/mol. The van der Waals surface area contributed by atoms with Crippen LogP contribution in [0.15, 0.2) is 97.1 Å². The van der Waals surface area contributed by atoms with E-state index in [0.29, 0.717) is 0 Å². The van der Waals surface area contributed by atoms with Crippen LogP contribution in [0.25, 0.3) is 54.6 Å². The van der Waals surface area contributed by atoms with Gasteiger partial charge in [0.15, 0.2) is 0 Å². The van der Waals surface area contributed by atoms with E-state index < -0.39 is 0 Å². The number of benzene rings is 6. The molecule has 0 fully saturated rings. The topological polar surface area (TPSA) is 0 Å². The fourth-order valence-corrected chi connectivity index (χ4v) is 6.10. The lowest BCUT2D eigenvalue weighted by molar-refractivity contribution is 0.590. The van der Waals surface area contributed by atoms with E-state index in [1.807, 2.05) is 0 Å². The Hall–Kier alpha value is -3.90. The molecule has 0 heteroatoms. The Morgan fingerprint density at radius 2 is 0.625 bits per heavy atom.